The molecule has 0 spiro atoms. The van der Waals surface area contributed by atoms with Gasteiger partial charge in [-0.25, -0.2) is 0 Å². The predicted molar refractivity (Wildman–Crippen MR) is 84.5 cm³/mol. The van der Waals surface area contributed by atoms with E-state index in [0.29, 0.717) is 23.6 Å². The smallest absolute Gasteiger partial charge is 0.115 e. The van der Waals surface area contributed by atoms with Gasteiger partial charge in [0.05, 0.1) is 0 Å². The summed E-state index contributed by atoms with van der Waals surface area (Å²) in [5.74, 6) is 1.47. The number of benzene rings is 2. The van der Waals surface area contributed by atoms with Gasteiger partial charge in [-0.2, -0.15) is 0 Å². The first-order chi connectivity index (χ1) is 10.3. The molecule has 2 heteroatoms. The predicted octanol–water partition coefficient (Wildman–Crippen LogP) is 3.92. The lowest BCUT2D eigenvalue weighted by molar-refractivity contribution is 0.127. The zero-order valence-electron chi connectivity index (χ0n) is 12.4. The summed E-state index contributed by atoms with van der Waals surface area (Å²) in [4.78, 5) is 2.52. The number of nitrogens with zero attached hydrogens (tertiary/aromatic N) is 1. The number of fused-ring (bicyclic) bond motifs is 3. The Morgan fingerprint density at radius 3 is 2.48 bits per heavy atom. The molecule has 2 aromatic rings. The van der Waals surface area contributed by atoms with E-state index >= 15 is 0 Å². The van der Waals surface area contributed by atoms with Crippen LogP contribution in [-0.2, 0) is 0 Å². The molecule has 2 aromatic carbocycles. The molecule has 1 aliphatic heterocycles. The number of phenolic OH excluding ortho intramolecular Hbond substituents is 1. The third kappa shape index (κ3) is 1.97. The number of likely N-dealkylation sites (tertiary alicyclic amines) is 1. The molecule has 0 unspecified atom stereocenters. The van der Waals surface area contributed by atoms with Crippen LogP contribution in [0.2, 0.25) is 0 Å². The van der Waals surface area contributed by atoms with Gasteiger partial charge in [-0.15, -0.1) is 0 Å². The van der Waals surface area contributed by atoms with Gasteiger partial charge in [-0.3, -0.25) is 4.90 Å². The summed E-state index contributed by atoms with van der Waals surface area (Å²) < 4.78 is 0. The van der Waals surface area contributed by atoms with E-state index in [-0.39, 0.29) is 0 Å². The Hall–Kier alpha value is -1.80. The average molecular weight is 279 g/mol. The summed E-state index contributed by atoms with van der Waals surface area (Å²) in [6.07, 6.45) is 2.56. The monoisotopic (exact) mass is 279 g/mol. The van der Waals surface area contributed by atoms with Crippen molar-refractivity contribution in [3.8, 4) is 5.75 Å². The lowest BCUT2D eigenvalue weighted by Crippen LogP contribution is -2.34. The van der Waals surface area contributed by atoms with Crippen molar-refractivity contribution in [2.24, 2.45) is 5.92 Å². The standard InChI is InChI=1S/C19H21NO/c1-20-12-4-7-17-18(13-8-10-14(21)11-9-13)15-5-2-3-6-16(15)19(17)20/h2-3,5-6,8-11,17-19,21H,4,7,12H2,1H3/t17-,18-,19+/m0/s1. The van der Waals surface area contributed by atoms with Crippen molar-refractivity contribution in [3.05, 3.63) is 65.2 Å². The second-order valence-electron chi connectivity index (χ2n) is 6.43. The zero-order chi connectivity index (χ0) is 14.4. The highest BCUT2D eigenvalue weighted by Crippen LogP contribution is 2.54. The van der Waals surface area contributed by atoms with Crippen LogP contribution in [0.25, 0.3) is 0 Å². The molecule has 4 rings (SSSR count). The molecule has 1 fully saturated rings. The molecule has 0 bridgehead atoms. The van der Waals surface area contributed by atoms with E-state index in [9.17, 15) is 5.11 Å². The Balaban J connectivity index is 1.84. The molecule has 1 aliphatic carbocycles. The van der Waals surface area contributed by atoms with E-state index in [2.05, 4.69) is 48.3 Å². The van der Waals surface area contributed by atoms with Crippen LogP contribution in [0.1, 0.15) is 41.5 Å². The fourth-order valence-corrected chi connectivity index (χ4v) is 4.42. The van der Waals surface area contributed by atoms with Crippen LogP contribution >= 0.6 is 0 Å². The quantitative estimate of drug-likeness (QED) is 0.855. The zero-order valence-corrected chi connectivity index (χ0v) is 12.4. The van der Waals surface area contributed by atoms with Crippen LogP contribution < -0.4 is 0 Å². The summed E-state index contributed by atoms with van der Waals surface area (Å²) in [6, 6.07) is 17.3. The molecule has 0 radical (unpaired) electrons. The Kier molecular flexibility index (Phi) is 3.00. The maximum absolute atomic E-state index is 9.56. The molecular formula is C19H21NO. The number of hydrogen-bond donors (Lipinski definition) is 1. The Morgan fingerprint density at radius 1 is 1.00 bits per heavy atom. The van der Waals surface area contributed by atoms with Gasteiger partial charge in [0.15, 0.2) is 0 Å². The first-order valence-corrected chi connectivity index (χ1v) is 7.83. The molecule has 1 heterocycles. The van der Waals surface area contributed by atoms with Crippen LogP contribution in [0.15, 0.2) is 48.5 Å². The summed E-state index contributed by atoms with van der Waals surface area (Å²) >= 11 is 0. The van der Waals surface area contributed by atoms with Crippen molar-refractivity contribution in [1.82, 2.24) is 4.90 Å². The SMILES string of the molecule is CN1CCC[C@H]2[C@@H](c3ccc(O)cc3)c3ccccc3[C@H]21. The van der Waals surface area contributed by atoms with Gasteiger partial charge in [-0.1, -0.05) is 36.4 Å². The van der Waals surface area contributed by atoms with Crippen molar-refractivity contribution >= 4 is 0 Å². The second-order valence-corrected chi connectivity index (χ2v) is 6.43. The fraction of sp³-hybridized carbons (Fsp3) is 0.368. The maximum Gasteiger partial charge on any atom is 0.115 e. The summed E-state index contributed by atoms with van der Waals surface area (Å²) in [5, 5.41) is 9.56. The molecule has 1 saturated heterocycles. The summed E-state index contributed by atoms with van der Waals surface area (Å²) in [7, 11) is 2.26. The first kappa shape index (κ1) is 12.9. The molecule has 0 aromatic heterocycles. The van der Waals surface area contributed by atoms with Crippen LogP contribution in [0, 0.1) is 5.92 Å². The van der Waals surface area contributed by atoms with Crippen molar-refractivity contribution < 1.29 is 5.11 Å². The first-order valence-electron chi connectivity index (χ1n) is 7.83. The summed E-state index contributed by atoms with van der Waals surface area (Å²) in [6.45, 7) is 1.19. The summed E-state index contributed by atoms with van der Waals surface area (Å²) in [5.41, 5.74) is 4.32. The van der Waals surface area contributed by atoms with E-state index < -0.39 is 0 Å². The van der Waals surface area contributed by atoms with Crippen LogP contribution in [0.3, 0.4) is 0 Å². The van der Waals surface area contributed by atoms with Crippen molar-refractivity contribution in [1.29, 1.82) is 0 Å². The molecular weight excluding hydrogens is 258 g/mol. The second kappa shape index (κ2) is 4.88. The van der Waals surface area contributed by atoms with E-state index in [1.807, 2.05) is 12.1 Å². The number of phenols is 1. The van der Waals surface area contributed by atoms with E-state index in [1.54, 1.807) is 0 Å². The minimum absolute atomic E-state index is 0.349. The molecule has 3 atom stereocenters. The lowest BCUT2D eigenvalue weighted by atomic mass is 9.80. The Bertz CT molecular complexity index is 649. The Morgan fingerprint density at radius 2 is 1.71 bits per heavy atom. The van der Waals surface area contributed by atoms with Gasteiger partial charge >= 0.3 is 0 Å². The van der Waals surface area contributed by atoms with Gasteiger partial charge in [0.2, 0.25) is 0 Å². The maximum atomic E-state index is 9.56. The van der Waals surface area contributed by atoms with Crippen molar-refractivity contribution in [3.63, 3.8) is 0 Å². The van der Waals surface area contributed by atoms with Crippen molar-refractivity contribution in [2.45, 2.75) is 24.8 Å². The van der Waals surface area contributed by atoms with Crippen LogP contribution in [0.4, 0.5) is 0 Å². The highest BCUT2D eigenvalue weighted by molar-refractivity contribution is 5.47. The highest BCUT2D eigenvalue weighted by Gasteiger charge is 2.44. The topological polar surface area (TPSA) is 23.5 Å². The van der Waals surface area contributed by atoms with Crippen LogP contribution in [-0.4, -0.2) is 23.6 Å². The molecule has 2 aliphatic rings. The number of hydrogen-bond acceptors (Lipinski definition) is 2. The molecule has 0 saturated carbocycles. The van der Waals surface area contributed by atoms with Gasteiger partial charge in [0.1, 0.15) is 5.75 Å². The van der Waals surface area contributed by atoms with Gasteiger partial charge in [-0.05, 0) is 61.2 Å². The van der Waals surface area contributed by atoms with E-state index in [4.69, 9.17) is 0 Å². The van der Waals surface area contributed by atoms with E-state index in [0.717, 1.165) is 0 Å². The van der Waals surface area contributed by atoms with Gasteiger partial charge in [0.25, 0.3) is 0 Å². The molecule has 108 valence electrons. The molecule has 2 nitrogen and oxygen atoms in total. The van der Waals surface area contributed by atoms with Crippen LogP contribution in [0.5, 0.6) is 5.75 Å². The third-order valence-electron chi connectivity index (χ3n) is 5.26. The number of aromatic hydroxyl groups is 1. The Labute approximate surface area is 126 Å². The molecule has 0 amide bonds. The molecule has 1 N–H and O–H groups in total. The largest absolute Gasteiger partial charge is 0.508 e. The highest BCUT2D eigenvalue weighted by atomic mass is 16.3. The number of piperidine rings is 1. The normalized spacial score (nSPS) is 28.1. The minimum atomic E-state index is 0.349. The number of rotatable bonds is 1. The van der Waals surface area contributed by atoms with Gasteiger partial charge in [0, 0.05) is 12.0 Å². The third-order valence-corrected chi connectivity index (χ3v) is 5.26. The molecule has 21 heavy (non-hydrogen) atoms. The minimum Gasteiger partial charge on any atom is -0.508 e. The van der Waals surface area contributed by atoms with Gasteiger partial charge < -0.3 is 5.11 Å². The average Bonchev–Trinajstić information content (AvgIpc) is 2.84. The van der Waals surface area contributed by atoms with Crippen molar-refractivity contribution in [2.75, 3.05) is 13.6 Å². The lowest BCUT2D eigenvalue weighted by Gasteiger charge is -2.37. The van der Waals surface area contributed by atoms with E-state index in [1.165, 1.54) is 36.1 Å². The fourth-order valence-electron chi connectivity index (χ4n) is 4.42.